The van der Waals surface area contributed by atoms with Crippen LogP contribution in [-0.4, -0.2) is 43.0 Å². The van der Waals surface area contributed by atoms with Crippen molar-refractivity contribution < 1.29 is 18.6 Å². The summed E-state index contributed by atoms with van der Waals surface area (Å²) >= 11 is 6.40. The van der Waals surface area contributed by atoms with Crippen molar-refractivity contribution in [1.29, 1.82) is 0 Å². The number of benzene rings is 1. The van der Waals surface area contributed by atoms with Gasteiger partial charge in [-0.05, 0) is 32.4 Å². The van der Waals surface area contributed by atoms with Crippen molar-refractivity contribution in [2.45, 2.75) is 38.8 Å². The number of likely N-dealkylation sites (tertiary alicyclic amines) is 1. The van der Waals surface area contributed by atoms with Gasteiger partial charge in [-0.3, -0.25) is 4.90 Å². The predicted octanol–water partition coefficient (Wildman–Crippen LogP) is 4.03. The van der Waals surface area contributed by atoms with E-state index in [2.05, 4.69) is 4.90 Å². The molecule has 2 aliphatic rings. The van der Waals surface area contributed by atoms with Crippen LogP contribution in [-0.2, 0) is 11.3 Å². The number of halogens is 1. The summed E-state index contributed by atoms with van der Waals surface area (Å²) in [5.41, 5.74) is 1.66. The van der Waals surface area contributed by atoms with E-state index in [1.807, 2.05) is 13.0 Å². The Morgan fingerprint density at radius 1 is 1.27 bits per heavy atom. The SMILES string of the molecule is COC[C@H]1CCCCN1Cc1nc(-c2cc3c(cc2Cl)OCO3)oc1C. The minimum absolute atomic E-state index is 0.209. The molecular weight excluding hydrogens is 356 g/mol. The fourth-order valence-electron chi connectivity index (χ4n) is 3.61. The van der Waals surface area contributed by atoms with Crippen molar-refractivity contribution in [3.8, 4) is 23.0 Å². The molecule has 7 heteroatoms. The van der Waals surface area contributed by atoms with Crippen LogP contribution in [0.1, 0.15) is 30.7 Å². The molecule has 2 aromatic rings. The summed E-state index contributed by atoms with van der Waals surface area (Å²) in [5, 5.41) is 0.539. The fraction of sp³-hybridized carbons (Fsp3) is 0.526. The van der Waals surface area contributed by atoms with Crippen LogP contribution in [0.25, 0.3) is 11.5 Å². The first kappa shape index (κ1) is 17.6. The average Bonchev–Trinajstić information content (AvgIpc) is 3.22. The van der Waals surface area contributed by atoms with Crippen molar-refractivity contribution in [2.75, 3.05) is 27.1 Å². The van der Waals surface area contributed by atoms with E-state index >= 15 is 0 Å². The molecule has 6 nitrogen and oxygen atoms in total. The van der Waals surface area contributed by atoms with Gasteiger partial charge < -0.3 is 18.6 Å². The number of fused-ring (bicyclic) bond motifs is 1. The first-order chi connectivity index (χ1) is 12.7. The van der Waals surface area contributed by atoms with Gasteiger partial charge in [0.2, 0.25) is 12.7 Å². The number of rotatable bonds is 5. The second-order valence-corrected chi connectivity index (χ2v) is 7.19. The molecule has 0 bridgehead atoms. The van der Waals surface area contributed by atoms with Crippen LogP contribution >= 0.6 is 11.6 Å². The standard InChI is InChI=1S/C19H23ClN2O4/c1-12-16(9-22-6-4-3-5-13(22)10-23-2)21-19(26-12)14-7-17-18(8-15(14)20)25-11-24-17/h7-8,13H,3-6,9-11H2,1-2H3/t13-/m1/s1. The number of aromatic nitrogens is 1. The molecule has 2 aliphatic heterocycles. The van der Waals surface area contributed by atoms with Gasteiger partial charge in [-0.15, -0.1) is 0 Å². The van der Waals surface area contributed by atoms with Crippen LogP contribution in [0.4, 0.5) is 0 Å². The van der Waals surface area contributed by atoms with E-state index in [1.165, 1.54) is 12.8 Å². The van der Waals surface area contributed by atoms with Crippen LogP contribution in [0.3, 0.4) is 0 Å². The number of hydrogen-bond acceptors (Lipinski definition) is 6. The summed E-state index contributed by atoms with van der Waals surface area (Å²) in [6.07, 6.45) is 3.62. The van der Waals surface area contributed by atoms with E-state index in [4.69, 9.17) is 35.2 Å². The molecule has 1 aromatic carbocycles. The Morgan fingerprint density at radius 3 is 2.88 bits per heavy atom. The van der Waals surface area contributed by atoms with Crippen molar-refractivity contribution in [1.82, 2.24) is 9.88 Å². The van der Waals surface area contributed by atoms with Crippen molar-refractivity contribution in [2.24, 2.45) is 0 Å². The van der Waals surface area contributed by atoms with Crippen LogP contribution in [0.2, 0.25) is 5.02 Å². The van der Waals surface area contributed by atoms with E-state index in [0.29, 0.717) is 28.5 Å². The van der Waals surface area contributed by atoms with Crippen molar-refractivity contribution >= 4 is 11.6 Å². The van der Waals surface area contributed by atoms with Gasteiger partial charge in [0.05, 0.1) is 22.9 Å². The second kappa shape index (κ2) is 7.47. The first-order valence-electron chi connectivity index (χ1n) is 8.94. The third-order valence-corrected chi connectivity index (χ3v) is 5.36. The number of ether oxygens (including phenoxy) is 3. The van der Waals surface area contributed by atoms with E-state index in [-0.39, 0.29) is 6.79 Å². The zero-order chi connectivity index (χ0) is 18.1. The lowest BCUT2D eigenvalue weighted by Gasteiger charge is -2.34. The summed E-state index contributed by atoms with van der Waals surface area (Å²) in [7, 11) is 1.76. The van der Waals surface area contributed by atoms with E-state index < -0.39 is 0 Å². The Balaban J connectivity index is 1.58. The quantitative estimate of drug-likeness (QED) is 0.782. The molecule has 0 unspecified atom stereocenters. The van der Waals surface area contributed by atoms with Crippen molar-refractivity contribution in [3.05, 3.63) is 28.6 Å². The fourth-order valence-corrected chi connectivity index (χ4v) is 3.85. The second-order valence-electron chi connectivity index (χ2n) is 6.78. The predicted molar refractivity (Wildman–Crippen MR) is 97.7 cm³/mol. The van der Waals surface area contributed by atoms with Gasteiger partial charge in [0.1, 0.15) is 5.76 Å². The third-order valence-electron chi connectivity index (χ3n) is 5.05. The molecule has 0 N–H and O–H groups in total. The average molecular weight is 379 g/mol. The maximum absolute atomic E-state index is 6.40. The minimum Gasteiger partial charge on any atom is -0.454 e. The molecule has 0 radical (unpaired) electrons. The number of nitrogens with zero attached hydrogens (tertiary/aromatic N) is 2. The molecule has 4 rings (SSSR count). The van der Waals surface area contributed by atoms with Gasteiger partial charge in [0, 0.05) is 25.8 Å². The summed E-state index contributed by atoms with van der Waals surface area (Å²) < 4.78 is 22.1. The molecule has 3 heterocycles. The summed E-state index contributed by atoms with van der Waals surface area (Å²) in [5.74, 6) is 2.65. The third kappa shape index (κ3) is 3.41. The topological polar surface area (TPSA) is 57.0 Å². The number of aryl methyl sites for hydroxylation is 1. The van der Waals surface area contributed by atoms with Gasteiger partial charge in [-0.1, -0.05) is 18.0 Å². The molecule has 0 saturated carbocycles. The van der Waals surface area contributed by atoms with Gasteiger partial charge in [0.25, 0.3) is 0 Å². The smallest absolute Gasteiger partial charge is 0.231 e. The maximum Gasteiger partial charge on any atom is 0.231 e. The molecule has 0 spiro atoms. The number of oxazole rings is 1. The summed E-state index contributed by atoms with van der Waals surface area (Å²) in [6.45, 7) is 4.71. The Kier molecular flexibility index (Phi) is 5.07. The van der Waals surface area contributed by atoms with E-state index in [1.54, 1.807) is 13.2 Å². The molecule has 1 fully saturated rings. The molecule has 1 atom stereocenters. The lowest BCUT2D eigenvalue weighted by atomic mass is 10.0. The Bertz CT molecular complexity index is 790. The van der Waals surface area contributed by atoms with Crippen molar-refractivity contribution in [3.63, 3.8) is 0 Å². The van der Waals surface area contributed by atoms with E-state index in [9.17, 15) is 0 Å². The molecule has 26 heavy (non-hydrogen) atoms. The lowest BCUT2D eigenvalue weighted by molar-refractivity contribution is 0.0590. The molecule has 1 aromatic heterocycles. The van der Waals surface area contributed by atoms with Gasteiger partial charge in [-0.2, -0.15) is 0 Å². The van der Waals surface area contributed by atoms with Gasteiger partial charge in [-0.25, -0.2) is 4.98 Å². The van der Waals surface area contributed by atoms with Crippen LogP contribution in [0.15, 0.2) is 16.5 Å². The van der Waals surface area contributed by atoms with Gasteiger partial charge in [0.15, 0.2) is 11.5 Å². The highest BCUT2D eigenvalue weighted by Crippen LogP contribution is 2.41. The molecule has 0 amide bonds. The zero-order valence-electron chi connectivity index (χ0n) is 15.1. The monoisotopic (exact) mass is 378 g/mol. The summed E-state index contributed by atoms with van der Waals surface area (Å²) in [6, 6.07) is 4.01. The van der Waals surface area contributed by atoms with Gasteiger partial charge >= 0.3 is 0 Å². The highest BCUT2D eigenvalue weighted by Gasteiger charge is 2.26. The number of methoxy groups -OCH3 is 1. The lowest BCUT2D eigenvalue weighted by Crippen LogP contribution is -2.41. The Labute approximate surface area is 158 Å². The first-order valence-corrected chi connectivity index (χ1v) is 9.32. The van der Waals surface area contributed by atoms with Crippen LogP contribution < -0.4 is 9.47 Å². The Hall–Kier alpha value is -1.76. The normalized spacial score (nSPS) is 19.9. The highest BCUT2D eigenvalue weighted by molar-refractivity contribution is 6.33. The Morgan fingerprint density at radius 2 is 2.08 bits per heavy atom. The molecule has 140 valence electrons. The molecule has 1 saturated heterocycles. The maximum atomic E-state index is 6.40. The van der Waals surface area contributed by atoms with Crippen LogP contribution in [0, 0.1) is 6.92 Å². The zero-order valence-corrected chi connectivity index (χ0v) is 15.8. The highest BCUT2D eigenvalue weighted by atomic mass is 35.5. The van der Waals surface area contributed by atoms with Crippen LogP contribution in [0.5, 0.6) is 11.5 Å². The molecule has 0 aliphatic carbocycles. The largest absolute Gasteiger partial charge is 0.454 e. The van der Waals surface area contributed by atoms with E-state index in [0.717, 1.165) is 43.1 Å². The summed E-state index contributed by atoms with van der Waals surface area (Å²) in [4.78, 5) is 7.16. The number of hydrogen-bond donors (Lipinski definition) is 0. The molecular formula is C19H23ClN2O4. The minimum atomic E-state index is 0.209. The number of piperidine rings is 1.